The Labute approximate surface area is 130 Å². The van der Waals surface area contributed by atoms with Gasteiger partial charge in [0, 0.05) is 5.54 Å². The van der Waals surface area contributed by atoms with E-state index in [1.54, 1.807) is 0 Å². The molecule has 1 N–H and O–H groups in total. The number of likely N-dealkylation sites (tertiary alicyclic amines) is 1. The molecule has 1 aromatic rings. The van der Waals surface area contributed by atoms with Gasteiger partial charge in [-0.2, -0.15) is 0 Å². The molecule has 2 rings (SSSR count). The number of rotatable bonds is 6. The van der Waals surface area contributed by atoms with Crippen molar-refractivity contribution in [3.63, 3.8) is 0 Å². The van der Waals surface area contributed by atoms with Crippen LogP contribution in [0, 0.1) is 6.92 Å². The van der Waals surface area contributed by atoms with Crippen LogP contribution in [0.15, 0.2) is 24.3 Å². The number of benzene rings is 1. The summed E-state index contributed by atoms with van der Waals surface area (Å²) >= 11 is 0. The average Bonchev–Trinajstić information content (AvgIpc) is 2.53. The molecule has 0 radical (unpaired) electrons. The lowest BCUT2D eigenvalue weighted by Crippen LogP contribution is -2.56. The zero-order valence-corrected chi connectivity index (χ0v) is 14.3. The molecule has 1 aliphatic heterocycles. The van der Waals surface area contributed by atoms with Crippen LogP contribution in [0.5, 0.6) is 0 Å². The number of nitrogens with one attached hydrogen (secondary N) is 1. The maximum atomic E-state index is 3.79. The third-order valence-corrected chi connectivity index (χ3v) is 5.32. The summed E-state index contributed by atoms with van der Waals surface area (Å²) < 4.78 is 0. The molecule has 2 nitrogen and oxygen atoms in total. The van der Waals surface area contributed by atoms with Crippen molar-refractivity contribution in [2.45, 2.75) is 65.0 Å². The fourth-order valence-corrected chi connectivity index (χ4v) is 3.79. The van der Waals surface area contributed by atoms with Crippen LogP contribution in [0.3, 0.4) is 0 Å². The smallest absolute Gasteiger partial charge is 0.0506 e. The van der Waals surface area contributed by atoms with E-state index in [0.29, 0.717) is 6.04 Å². The van der Waals surface area contributed by atoms with Crippen molar-refractivity contribution in [3.8, 4) is 0 Å². The predicted molar refractivity (Wildman–Crippen MR) is 91.7 cm³/mol. The SMILES string of the molecule is CCNC(c1ccccc1C)C(C)(CC)N1CCCCC1. The Morgan fingerprint density at radius 3 is 2.38 bits per heavy atom. The molecule has 1 heterocycles. The minimum Gasteiger partial charge on any atom is -0.309 e. The second kappa shape index (κ2) is 7.42. The van der Waals surface area contributed by atoms with Gasteiger partial charge in [0.25, 0.3) is 0 Å². The summed E-state index contributed by atoms with van der Waals surface area (Å²) in [5.74, 6) is 0. The molecule has 0 spiro atoms. The molecule has 1 aromatic carbocycles. The second-order valence-corrected chi connectivity index (χ2v) is 6.61. The number of hydrogen-bond acceptors (Lipinski definition) is 2. The molecule has 1 saturated heterocycles. The van der Waals surface area contributed by atoms with Crippen LogP contribution >= 0.6 is 0 Å². The number of nitrogens with zero attached hydrogens (tertiary/aromatic N) is 1. The van der Waals surface area contributed by atoms with Crippen molar-refractivity contribution < 1.29 is 0 Å². The first-order chi connectivity index (χ1) is 10.1. The highest BCUT2D eigenvalue weighted by atomic mass is 15.2. The normalized spacial score (nSPS) is 21.0. The van der Waals surface area contributed by atoms with E-state index in [9.17, 15) is 0 Å². The van der Waals surface area contributed by atoms with E-state index in [1.165, 1.54) is 49.9 Å². The van der Waals surface area contributed by atoms with Crippen LogP contribution in [0.4, 0.5) is 0 Å². The van der Waals surface area contributed by atoms with Gasteiger partial charge in [-0.25, -0.2) is 0 Å². The van der Waals surface area contributed by atoms with Gasteiger partial charge in [-0.05, 0) is 63.9 Å². The number of hydrogen-bond donors (Lipinski definition) is 1. The Hall–Kier alpha value is -0.860. The topological polar surface area (TPSA) is 15.3 Å². The van der Waals surface area contributed by atoms with Crippen LogP contribution < -0.4 is 5.32 Å². The molecular weight excluding hydrogens is 256 g/mol. The Kier molecular flexibility index (Phi) is 5.83. The lowest BCUT2D eigenvalue weighted by atomic mass is 9.80. The molecule has 0 bridgehead atoms. The molecule has 118 valence electrons. The average molecular weight is 288 g/mol. The van der Waals surface area contributed by atoms with Crippen molar-refractivity contribution in [1.29, 1.82) is 0 Å². The fourth-order valence-electron chi connectivity index (χ4n) is 3.79. The standard InChI is InChI=1S/C19H32N2/c1-5-19(4,21-14-10-7-11-15-21)18(20-6-2)17-13-9-8-12-16(17)3/h8-9,12-13,18,20H,5-7,10-11,14-15H2,1-4H3. The first kappa shape index (κ1) is 16.5. The molecule has 0 amide bonds. The zero-order chi connectivity index (χ0) is 15.3. The largest absolute Gasteiger partial charge is 0.309 e. The summed E-state index contributed by atoms with van der Waals surface area (Å²) in [5.41, 5.74) is 3.07. The number of aryl methyl sites for hydroxylation is 1. The van der Waals surface area contributed by atoms with Crippen LogP contribution in [0.1, 0.15) is 63.6 Å². The van der Waals surface area contributed by atoms with Gasteiger partial charge in [-0.15, -0.1) is 0 Å². The molecular formula is C19H32N2. The molecule has 1 fully saturated rings. The first-order valence-electron chi connectivity index (χ1n) is 8.67. The van der Waals surface area contributed by atoms with E-state index < -0.39 is 0 Å². The second-order valence-electron chi connectivity index (χ2n) is 6.61. The minimum absolute atomic E-state index is 0.197. The van der Waals surface area contributed by atoms with Crippen LogP contribution in [0.25, 0.3) is 0 Å². The van der Waals surface area contributed by atoms with Gasteiger partial charge >= 0.3 is 0 Å². The van der Waals surface area contributed by atoms with Gasteiger partial charge in [-0.3, -0.25) is 4.90 Å². The van der Waals surface area contributed by atoms with Crippen molar-refractivity contribution in [3.05, 3.63) is 35.4 Å². The van der Waals surface area contributed by atoms with Crippen molar-refractivity contribution in [2.75, 3.05) is 19.6 Å². The van der Waals surface area contributed by atoms with Gasteiger partial charge in [0.1, 0.15) is 0 Å². The molecule has 0 saturated carbocycles. The van der Waals surface area contributed by atoms with E-state index in [0.717, 1.165) is 6.54 Å². The van der Waals surface area contributed by atoms with Gasteiger partial charge in [0.15, 0.2) is 0 Å². The summed E-state index contributed by atoms with van der Waals surface area (Å²) in [6, 6.07) is 9.28. The van der Waals surface area contributed by atoms with E-state index in [2.05, 4.69) is 62.2 Å². The summed E-state index contributed by atoms with van der Waals surface area (Å²) in [6.45, 7) is 12.8. The first-order valence-corrected chi connectivity index (χ1v) is 8.67. The number of piperidine rings is 1. The summed E-state index contributed by atoms with van der Waals surface area (Å²) in [5, 5.41) is 3.79. The maximum Gasteiger partial charge on any atom is 0.0506 e. The summed E-state index contributed by atoms with van der Waals surface area (Å²) in [4.78, 5) is 2.73. The molecule has 2 heteroatoms. The van der Waals surface area contributed by atoms with Crippen molar-refractivity contribution in [2.24, 2.45) is 0 Å². The molecule has 2 unspecified atom stereocenters. The van der Waals surface area contributed by atoms with Crippen LogP contribution in [-0.4, -0.2) is 30.1 Å². The quantitative estimate of drug-likeness (QED) is 0.839. The minimum atomic E-state index is 0.197. The fraction of sp³-hybridized carbons (Fsp3) is 0.684. The van der Waals surface area contributed by atoms with Gasteiger partial charge < -0.3 is 5.32 Å². The van der Waals surface area contributed by atoms with Gasteiger partial charge in [-0.1, -0.05) is 44.5 Å². The zero-order valence-electron chi connectivity index (χ0n) is 14.3. The molecule has 0 aromatic heterocycles. The van der Waals surface area contributed by atoms with Crippen molar-refractivity contribution in [1.82, 2.24) is 10.2 Å². The lowest BCUT2D eigenvalue weighted by molar-refractivity contribution is 0.0427. The van der Waals surface area contributed by atoms with E-state index >= 15 is 0 Å². The maximum absolute atomic E-state index is 3.79. The highest BCUT2D eigenvalue weighted by molar-refractivity contribution is 5.31. The monoisotopic (exact) mass is 288 g/mol. The summed E-state index contributed by atoms with van der Waals surface area (Å²) in [7, 11) is 0. The highest BCUT2D eigenvalue weighted by Gasteiger charge is 2.39. The van der Waals surface area contributed by atoms with Gasteiger partial charge in [0.2, 0.25) is 0 Å². The third kappa shape index (κ3) is 3.49. The lowest BCUT2D eigenvalue weighted by Gasteiger charge is -2.48. The van der Waals surface area contributed by atoms with Crippen LogP contribution in [-0.2, 0) is 0 Å². The van der Waals surface area contributed by atoms with Crippen LogP contribution in [0.2, 0.25) is 0 Å². The number of likely N-dealkylation sites (N-methyl/N-ethyl adjacent to an activating group) is 1. The predicted octanol–water partition coefficient (Wildman–Crippen LogP) is 4.30. The third-order valence-electron chi connectivity index (χ3n) is 5.32. The molecule has 21 heavy (non-hydrogen) atoms. The van der Waals surface area contributed by atoms with E-state index in [4.69, 9.17) is 0 Å². The molecule has 1 aliphatic rings. The molecule has 0 aliphatic carbocycles. The highest BCUT2D eigenvalue weighted by Crippen LogP contribution is 2.37. The van der Waals surface area contributed by atoms with Gasteiger partial charge in [0.05, 0.1) is 6.04 Å². The Morgan fingerprint density at radius 2 is 1.81 bits per heavy atom. The Balaban J connectivity index is 2.35. The molecule has 2 atom stereocenters. The van der Waals surface area contributed by atoms with E-state index in [-0.39, 0.29) is 5.54 Å². The van der Waals surface area contributed by atoms with Crippen molar-refractivity contribution >= 4 is 0 Å². The Morgan fingerprint density at radius 1 is 1.14 bits per heavy atom. The summed E-state index contributed by atoms with van der Waals surface area (Å²) in [6.07, 6.45) is 5.27. The Bertz CT molecular complexity index is 437. The van der Waals surface area contributed by atoms with E-state index in [1.807, 2.05) is 0 Å².